The van der Waals surface area contributed by atoms with E-state index in [1.165, 1.54) is 21.8 Å². The lowest BCUT2D eigenvalue weighted by molar-refractivity contribution is -0.116. The second kappa shape index (κ2) is 7.82. The Morgan fingerprint density at radius 3 is 2.57 bits per heavy atom. The minimum Gasteiger partial charge on any atom is -0.323 e. The van der Waals surface area contributed by atoms with Crippen LogP contribution in [0.15, 0.2) is 59.8 Å². The molecule has 0 aliphatic rings. The lowest BCUT2D eigenvalue weighted by Crippen LogP contribution is -2.24. The van der Waals surface area contributed by atoms with Crippen LogP contribution in [0.4, 0.5) is 18.9 Å². The number of amides is 1. The number of benzene rings is 2. The van der Waals surface area contributed by atoms with Crippen LogP contribution in [0.1, 0.15) is 6.42 Å². The van der Waals surface area contributed by atoms with Crippen molar-refractivity contribution in [1.82, 2.24) is 19.3 Å². The Bertz CT molecular complexity index is 1300. The minimum absolute atomic E-state index is 0.0462. The fourth-order valence-corrected chi connectivity index (χ4v) is 2.92. The summed E-state index contributed by atoms with van der Waals surface area (Å²) in [7, 11) is 0. The van der Waals surface area contributed by atoms with Crippen LogP contribution in [-0.4, -0.2) is 25.2 Å². The highest BCUT2D eigenvalue weighted by molar-refractivity contribution is 5.90. The van der Waals surface area contributed by atoms with E-state index in [1.54, 1.807) is 0 Å². The number of carbonyl (C=O) groups is 1. The number of hydrogen-bond donors (Lipinski definition) is 1. The van der Waals surface area contributed by atoms with Crippen LogP contribution in [0.5, 0.6) is 0 Å². The Morgan fingerprint density at radius 1 is 1.03 bits per heavy atom. The van der Waals surface area contributed by atoms with Gasteiger partial charge in [0.1, 0.15) is 5.39 Å². The first-order chi connectivity index (χ1) is 14.5. The van der Waals surface area contributed by atoms with Gasteiger partial charge < -0.3 is 5.32 Å². The monoisotopic (exact) mass is 413 g/mol. The molecule has 0 spiro atoms. The van der Waals surface area contributed by atoms with Crippen molar-refractivity contribution in [2.45, 2.75) is 13.0 Å². The first-order valence-electron chi connectivity index (χ1n) is 8.87. The van der Waals surface area contributed by atoms with Crippen molar-refractivity contribution < 1.29 is 18.0 Å². The van der Waals surface area contributed by atoms with Crippen molar-refractivity contribution in [2.24, 2.45) is 0 Å². The largest absolute Gasteiger partial charge is 0.323 e. The first-order valence-corrected chi connectivity index (χ1v) is 8.87. The molecule has 152 valence electrons. The Balaban J connectivity index is 1.51. The number of fused-ring (bicyclic) bond motifs is 1. The third-order valence-corrected chi connectivity index (χ3v) is 4.44. The molecule has 2 aromatic heterocycles. The summed E-state index contributed by atoms with van der Waals surface area (Å²) in [5.41, 5.74) is 0.235. The van der Waals surface area contributed by atoms with Gasteiger partial charge in [-0.3, -0.25) is 14.2 Å². The average Bonchev–Trinajstić information content (AvgIpc) is 3.19. The predicted octanol–water partition coefficient (Wildman–Crippen LogP) is 3.03. The molecule has 0 saturated carbocycles. The Labute approximate surface area is 167 Å². The third-order valence-electron chi connectivity index (χ3n) is 4.44. The summed E-state index contributed by atoms with van der Waals surface area (Å²) in [4.78, 5) is 29.0. The van der Waals surface area contributed by atoms with Crippen LogP contribution >= 0.6 is 0 Å². The number of anilines is 1. The molecule has 0 radical (unpaired) electrons. The molecule has 0 bridgehead atoms. The van der Waals surface area contributed by atoms with Gasteiger partial charge in [-0.05, 0) is 24.3 Å². The molecule has 2 aromatic carbocycles. The Kier molecular flexibility index (Phi) is 5.05. The molecular formula is C20H14F3N5O2. The molecule has 10 heteroatoms. The summed E-state index contributed by atoms with van der Waals surface area (Å²) < 4.78 is 42.6. The number of aromatic nitrogens is 4. The molecule has 1 amide bonds. The number of rotatable bonds is 5. The number of carbonyl (C=O) groups excluding carboxylic acids is 1. The normalized spacial score (nSPS) is 11.0. The molecule has 30 heavy (non-hydrogen) atoms. The molecule has 0 saturated heterocycles. The maximum Gasteiger partial charge on any atom is 0.264 e. The lowest BCUT2D eigenvalue weighted by Gasteiger charge is -2.09. The van der Waals surface area contributed by atoms with Gasteiger partial charge in [0.05, 0.1) is 23.9 Å². The van der Waals surface area contributed by atoms with Crippen molar-refractivity contribution in [2.75, 3.05) is 5.32 Å². The lowest BCUT2D eigenvalue weighted by atomic mass is 10.2. The van der Waals surface area contributed by atoms with E-state index in [2.05, 4.69) is 15.4 Å². The summed E-state index contributed by atoms with van der Waals surface area (Å²) in [5, 5.41) is 6.63. The molecule has 0 aliphatic carbocycles. The quantitative estimate of drug-likeness (QED) is 0.510. The fourth-order valence-electron chi connectivity index (χ4n) is 2.92. The van der Waals surface area contributed by atoms with Crippen molar-refractivity contribution in [1.29, 1.82) is 0 Å². The molecule has 0 atom stereocenters. The zero-order valence-corrected chi connectivity index (χ0v) is 15.3. The number of hydrogen-bond acceptors (Lipinski definition) is 4. The van der Waals surface area contributed by atoms with Crippen molar-refractivity contribution in [3.05, 3.63) is 82.8 Å². The van der Waals surface area contributed by atoms with E-state index in [4.69, 9.17) is 0 Å². The SMILES string of the molecule is O=C(CCn1cnc2c(cnn2-c2ccccc2)c1=O)Nc1ccc(F)c(F)c1F. The zero-order valence-electron chi connectivity index (χ0n) is 15.3. The van der Waals surface area contributed by atoms with Crippen LogP contribution in [0.25, 0.3) is 16.7 Å². The van der Waals surface area contributed by atoms with Gasteiger partial charge in [0.2, 0.25) is 5.91 Å². The van der Waals surface area contributed by atoms with Gasteiger partial charge in [-0.2, -0.15) is 5.10 Å². The van der Waals surface area contributed by atoms with Gasteiger partial charge >= 0.3 is 0 Å². The number of halogens is 3. The number of para-hydroxylation sites is 1. The first kappa shape index (κ1) is 19.4. The van der Waals surface area contributed by atoms with Crippen LogP contribution in [0.2, 0.25) is 0 Å². The molecular weight excluding hydrogens is 399 g/mol. The standard InChI is InChI=1S/C20H14F3N5O2/c21-14-6-7-15(18(23)17(14)22)26-16(29)8-9-27-11-24-19-13(20(27)30)10-25-28(19)12-4-2-1-3-5-12/h1-7,10-11H,8-9H2,(H,26,29). The van der Waals surface area contributed by atoms with E-state index >= 15 is 0 Å². The van der Waals surface area contributed by atoms with Crippen LogP contribution in [-0.2, 0) is 11.3 Å². The second-order valence-electron chi connectivity index (χ2n) is 6.39. The second-order valence-corrected chi connectivity index (χ2v) is 6.39. The van der Waals surface area contributed by atoms with E-state index in [-0.39, 0.29) is 18.4 Å². The van der Waals surface area contributed by atoms with Crippen molar-refractivity contribution >= 4 is 22.6 Å². The summed E-state index contributed by atoms with van der Waals surface area (Å²) in [6.07, 6.45) is 2.47. The Morgan fingerprint density at radius 2 is 1.80 bits per heavy atom. The smallest absolute Gasteiger partial charge is 0.264 e. The minimum atomic E-state index is -1.67. The number of nitrogens with one attached hydrogen (secondary N) is 1. The van der Waals surface area contributed by atoms with Crippen LogP contribution < -0.4 is 10.9 Å². The van der Waals surface area contributed by atoms with Crippen molar-refractivity contribution in [3.63, 3.8) is 0 Å². The molecule has 1 N–H and O–H groups in total. The van der Waals surface area contributed by atoms with Gasteiger partial charge in [-0.15, -0.1) is 0 Å². The summed E-state index contributed by atoms with van der Waals surface area (Å²) in [5.74, 6) is -5.19. The molecule has 2 heterocycles. The Hall–Kier alpha value is -3.95. The molecule has 7 nitrogen and oxygen atoms in total. The average molecular weight is 413 g/mol. The van der Waals surface area contributed by atoms with Crippen molar-refractivity contribution in [3.8, 4) is 5.69 Å². The van der Waals surface area contributed by atoms with Gasteiger partial charge in [0, 0.05) is 13.0 Å². The van der Waals surface area contributed by atoms with E-state index in [0.29, 0.717) is 11.7 Å². The van der Waals surface area contributed by atoms with Gasteiger partial charge in [-0.25, -0.2) is 22.8 Å². The fraction of sp³-hybridized carbons (Fsp3) is 0.100. The topological polar surface area (TPSA) is 81.8 Å². The van der Waals surface area contributed by atoms with E-state index in [1.807, 2.05) is 30.3 Å². The number of nitrogens with zero attached hydrogens (tertiary/aromatic N) is 4. The van der Waals surface area contributed by atoms with Crippen LogP contribution in [0, 0.1) is 17.5 Å². The molecule has 4 rings (SSSR count). The molecule has 0 aliphatic heterocycles. The van der Waals surface area contributed by atoms with E-state index in [9.17, 15) is 22.8 Å². The summed E-state index contributed by atoms with van der Waals surface area (Å²) >= 11 is 0. The highest BCUT2D eigenvalue weighted by Crippen LogP contribution is 2.19. The molecule has 0 fully saturated rings. The maximum atomic E-state index is 13.7. The molecule has 0 unspecified atom stereocenters. The highest BCUT2D eigenvalue weighted by Gasteiger charge is 2.16. The van der Waals surface area contributed by atoms with Crippen LogP contribution in [0.3, 0.4) is 0 Å². The van der Waals surface area contributed by atoms with Gasteiger partial charge in [0.25, 0.3) is 5.56 Å². The number of aryl methyl sites for hydroxylation is 1. The maximum absolute atomic E-state index is 13.7. The van der Waals surface area contributed by atoms with Gasteiger partial charge in [-0.1, -0.05) is 18.2 Å². The van der Waals surface area contributed by atoms with E-state index < -0.39 is 34.6 Å². The summed E-state index contributed by atoms with van der Waals surface area (Å²) in [6, 6.07) is 10.8. The third kappa shape index (κ3) is 3.54. The highest BCUT2D eigenvalue weighted by atomic mass is 19.2. The predicted molar refractivity (Wildman–Crippen MR) is 103 cm³/mol. The molecule has 4 aromatic rings. The van der Waals surface area contributed by atoms with Gasteiger partial charge in [0.15, 0.2) is 23.1 Å². The zero-order chi connectivity index (χ0) is 21.3. The van der Waals surface area contributed by atoms with E-state index in [0.717, 1.165) is 11.8 Å². The summed E-state index contributed by atoms with van der Waals surface area (Å²) in [6.45, 7) is -0.0462.